The smallest absolute Gasteiger partial charge is 0.338 e. The van der Waals surface area contributed by atoms with Gasteiger partial charge in [0.15, 0.2) is 6.10 Å². The monoisotopic (exact) mass is 238 g/mol. The number of rotatable bonds is 2. The number of piperidine rings is 1. The average Bonchev–Trinajstić information content (AvgIpc) is 2.29. The molecule has 1 aliphatic rings. The number of ether oxygens (including phenoxy) is 1. The molecule has 0 spiro atoms. The summed E-state index contributed by atoms with van der Waals surface area (Å²) in [6.07, 6.45) is 1.98. The molecule has 2 atom stereocenters. The summed E-state index contributed by atoms with van der Waals surface area (Å²) in [5, 5.41) is 0. The second-order valence-electron chi connectivity index (χ2n) is 4.59. The fourth-order valence-corrected chi connectivity index (χ4v) is 2.13. The van der Waals surface area contributed by atoms with E-state index in [1.54, 1.807) is 0 Å². The lowest BCUT2D eigenvalue weighted by Gasteiger charge is -2.26. The fourth-order valence-electron chi connectivity index (χ4n) is 2.13. The number of quaternary nitrogens is 1. The number of nitrogens with one attached hydrogen (secondary N) is 1. The fraction of sp³-hybridized carbons (Fsp3) is 0.462. The molecule has 0 aromatic heterocycles. The molecule has 1 heterocycles. The first-order valence-corrected chi connectivity index (χ1v) is 5.93. The summed E-state index contributed by atoms with van der Waals surface area (Å²) < 4.78 is 18.1. The van der Waals surface area contributed by atoms with E-state index in [1.807, 2.05) is 0 Å². The van der Waals surface area contributed by atoms with Crippen molar-refractivity contribution in [3.63, 3.8) is 0 Å². The molecule has 1 unspecified atom stereocenters. The van der Waals surface area contributed by atoms with Gasteiger partial charge in [-0.05, 0) is 30.7 Å². The largest absolute Gasteiger partial charge is 0.453 e. The van der Waals surface area contributed by atoms with E-state index in [-0.39, 0.29) is 17.9 Å². The van der Waals surface area contributed by atoms with Gasteiger partial charge in [0.05, 0.1) is 19.2 Å². The summed E-state index contributed by atoms with van der Waals surface area (Å²) in [5.74, 6) is -0.701. The van der Waals surface area contributed by atoms with E-state index >= 15 is 0 Å². The third-order valence-corrected chi connectivity index (χ3v) is 3.06. The Kier molecular flexibility index (Phi) is 3.74. The quantitative estimate of drug-likeness (QED) is 0.767. The lowest BCUT2D eigenvalue weighted by atomic mass is 10.1. The van der Waals surface area contributed by atoms with Gasteiger partial charge >= 0.3 is 5.97 Å². The molecule has 1 aliphatic heterocycles. The first-order valence-electron chi connectivity index (χ1n) is 5.93. The van der Waals surface area contributed by atoms with Crippen LogP contribution in [0.2, 0.25) is 0 Å². The number of esters is 1. The summed E-state index contributed by atoms with van der Waals surface area (Å²) in [5.41, 5.74) is 0.412. The van der Waals surface area contributed by atoms with Crippen LogP contribution < -0.4 is 4.90 Å². The van der Waals surface area contributed by atoms with Gasteiger partial charge in [-0.1, -0.05) is 0 Å². The van der Waals surface area contributed by atoms with Crippen molar-refractivity contribution in [2.45, 2.75) is 18.9 Å². The molecule has 92 valence electrons. The highest BCUT2D eigenvalue weighted by atomic mass is 19.1. The molecule has 0 amide bonds. The van der Waals surface area contributed by atoms with Crippen molar-refractivity contribution in [2.24, 2.45) is 0 Å². The minimum atomic E-state index is -0.357. The maximum Gasteiger partial charge on any atom is 0.338 e. The molecular formula is C13H17FNO2+. The Morgan fingerprint density at radius 1 is 1.41 bits per heavy atom. The molecule has 2 rings (SSSR count). The molecular weight excluding hydrogens is 221 g/mol. The van der Waals surface area contributed by atoms with Crippen LogP contribution in [0.4, 0.5) is 4.39 Å². The van der Waals surface area contributed by atoms with Crippen molar-refractivity contribution in [1.82, 2.24) is 0 Å². The SMILES string of the molecule is C[NH+]1CCC[C@H](OC(=O)c2ccc(F)cc2)C1. The number of hydrogen-bond acceptors (Lipinski definition) is 2. The van der Waals surface area contributed by atoms with Crippen molar-refractivity contribution in [2.75, 3.05) is 20.1 Å². The standard InChI is InChI=1S/C13H16FNO2/c1-15-8-2-3-12(9-15)17-13(16)10-4-6-11(14)7-5-10/h4-7,12H,2-3,8-9H2,1H3/p+1/t12-/m0/s1. The van der Waals surface area contributed by atoms with Crippen LogP contribution >= 0.6 is 0 Å². The van der Waals surface area contributed by atoms with Crippen molar-refractivity contribution >= 4 is 5.97 Å². The topological polar surface area (TPSA) is 30.7 Å². The Bertz CT molecular complexity index is 391. The summed E-state index contributed by atoms with van der Waals surface area (Å²) in [7, 11) is 2.10. The Morgan fingerprint density at radius 3 is 2.76 bits per heavy atom. The Labute approximate surface area is 100 Å². The molecule has 0 bridgehead atoms. The summed E-state index contributed by atoms with van der Waals surface area (Å²) in [4.78, 5) is 13.2. The second kappa shape index (κ2) is 5.27. The summed E-state index contributed by atoms with van der Waals surface area (Å²) >= 11 is 0. The molecule has 17 heavy (non-hydrogen) atoms. The zero-order valence-electron chi connectivity index (χ0n) is 9.91. The van der Waals surface area contributed by atoms with Crippen LogP contribution in [-0.2, 0) is 4.74 Å². The highest BCUT2D eigenvalue weighted by Gasteiger charge is 2.24. The van der Waals surface area contributed by atoms with Crippen LogP contribution in [0.5, 0.6) is 0 Å². The van der Waals surface area contributed by atoms with E-state index < -0.39 is 0 Å². The molecule has 0 radical (unpaired) electrons. The number of carbonyl (C=O) groups excluding carboxylic acids is 1. The van der Waals surface area contributed by atoms with Gasteiger partial charge in [-0.15, -0.1) is 0 Å². The van der Waals surface area contributed by atoms with Crippen LogP contribution in [0.1, 0.15) is 23.2 Å². The number of carbonyl (C=O) groups is 1. The number of likely N-dealkylation sites (N-methyl/N-ethyl adjacent to an activating group) is 1. The van der Waals surface area contributed by atoms with Crippen LogP contribution in [0.25, 0.3) is 0 Å². The minimum absolute atomic E-state index is 0.0127. The second-order valence-corrected chi connectivity index (χ2v) is 4.59. The van der Waals surface area contributed by atoms with Gasteiger partial charge in [-0.3, -0.25) is 0 Å². The van der Waals surface area contributed by atoms with Crippen molar-refractivity contribution < 1.29 is 18.8 Å². The summed E-state index contributed by atoms with van der Waals surface area (Å²) in [6.45, 7) is 1.98. The number of likely N-dealkylation sites (tertiary alicyclic amines) is 1. The molecule has 3 nitrogen and oxygen atoms in total. The average molecular weight is 238 g/mol. The molecule has 4 heteroatoms. The maximum atomic E-state index is 12.7. The Balaban J connectivity index is 1.94. The zero-order chi connectivity index (χ0) is 12.3. The minimum Gasteiger partial charge on any atom is -0.453 e. The Morgan fingerprint density at radius 2 is 2.12 bits per heavy atom. The van der Waals surface area contributed by atoms with E-state index in [9.17, 15) is 9.18 Å². The van der Waals surface area contributed by atoms with Gasteiger partial charge in [0.1, 0.15) is 12.4 Å². The maximum absolute atomic E-state index is 12.7. The number of benzene rings is 1. The molecule has 0 aliphatic carbocycles. The zero-order valence-corrected chi connectivity index (χ0v) is 9.91. The van der Waals surface area contributed by atoms with E-state index in [4.69, 9.17) is 4.74 Å². The van der Waals surface area contributed by atoms with Crippen LogP contribution in [0, 0.1) is 5.82 Å². The Hall–Kier alpha value is -1.42. The van der Waals surface area contributed by atoms with Gasteiger partial charge in [-0.25, -0.2) is 9.18 Å². The third kappa shape index (κ3) is 3.27. The molecule has 1 aromatic rings. The van der Waals surface area contributed by atoms with Gasteiger partial charge in [-0.2, -0.15) is 0 Å². The van der Waals surface area contributed by atoms with Crippen molar-refractivity contribution in [3.8, 4) is 0 Å². The predicted octanol–water partition coefficient (Wildman–Crippen LogP) is 0.660. The van der Waals surface area contributed by atoms with Gasteiger partial charge < -0.3 is 9.64 Å². The molecule has 1 aromatic carbocycles. The predicted molar refractivity (Wildman–Crippen MR) is 61.5 cm³/mol. The molecule has 1 fully saturated rings. The first kappa shape index (κ1) is 12.0. The normalized spacial score (nSPS) is 24.4. The van der Waals surface area contributed by atoms with Gasteiger partial charge in [0.2, 0.25) is 0 Å². The van der Waals surface area contributed by atoms with Crippen LogP contribution in [-0.4, -0.2) is 32.2 Å². The third-order valence-electron chi connectivity index (χ3n) is 3.06. The van der Waals surface area contributed by atoms with Crippen LogP contribution in [0.15, 0.2) is 24.3 Å². The summed E-state index contributed by atoms with van der Waals surface area (Å²) in [6, 6.07) is 5.46. The first-order chi connectivity index (χ1) is 8.15. The van der Waals surface area contributed by atoms with E-state index in [2.05, 4.69) is 7.05 Å². The van der Waals surface area contributed by atoms with Crippen molar-refractivity contribution in [3.05, 3.63) is 35.6 Å². The van der Waals surface area contributed by atoms with E-state index in [0.29, 0.717) is 5.56 Å². The van der Waals surface area contributed by atoms with Gasteiger partial charge in [0, 0.05) is 6.42 Å². The van der Waals surface area contributed by atoms with Crippen LogP contribution in [0.3, 0.4) is 0 Å². The molecule has 1 saturated heterocycles. The lowest BCUT2D eigenvalue weighted by molar-refractivity contribution is -0.888. The molecule has 1 N–H and O–H groups in total. The van der Waals surface area contributed by atoms with E-state index in [1.165, 1.54) is 29.2 Å². The highest BCUT2D eigenvalue weighted by Crippen LogP contribution is 2.09. The van der Waals surface area contributed by atoms with Crippen molar-refractivity contribution in [1.29, 1.82) is 0 Å². The van der Waals surface area contributed by atoms with Gasteiger partial charge in [0.25, 0.3) is 0 Å². The lowest BCUT2D eigenvalue weighted by Crippen LogP contribution is -3.11. The number of hydrogen-bond donors (Lipinski definition) is 1. The number of halogens is 1. The van der Waals surface area contributed by atoms with E-state index in [0.717, 1.165) is 25.9 Å². The highest BCUT2D eigenvalue weighted by molar-refractivity contribution is 5.89. The molecule has 0 saturated carbocycles.